The van der Waals surface area contributed by atoms with Gasteiger partial charge in [0.1, 0.15) is 0 Å². The third-order valence-electron chi connectivity index (χ3n) is 3.71. The number of anilines is 1. The smallest absolute Gasteiger partial charge is 0.391 e. The number of aliphatic hydroxyl groups is 1. The summed E-state index contributed by atoms with van der Waals surface area (Å²) in [5.74, 6) is 0.462. The van der Waals surface area contributed by atoms with Crippen LogP contribution in [0.15, 0.2) is 42.7 Å². The summed E-state index contributed by atoms with van der Waals surface area (Å²) in [6.45, 7) is 0.357. The van der Waals surface area contributed by atoms with Gasteiger partial charge in [-0.25, -0.2) is 9.97 Å². The molecule has 1 aromatic carbocycles. The van der Waals surface area contributed by atoms with E-state index in [4.69, 9.17) is 0 Å². The molecule has 1 aromatic heterocycles. The Balaban J connectivity index is 1.89. The molecule has 2 aromatic rings. The van der Waals surface area contributed by atoms with Crippen molar-refractivity contribution in [3.05, 3.63) is 53.9 Å². The standard InChI is InChI=1S/C15H14F3N3O/c16-15(17,18)11-4-2-10(3-5-11)13-8-12(22)9-21(13)14-19-6-1-7-20-14/h1-7,12-13,22H,8-9H2/t12-,13-/m0/s1. The van der Waals surface area contributed by atoms with Crippen LogP contribution in [-0.4, -0.2) is 27.7 Å². The van der Waals surface area contributed by atoms with E-state index in [1.165, 1.54) is 12.1 Å². The van der Waals surface area contributed by atoms with Crippen LogP contribution in [0, 0.1) is 0 Å². The predicted octanol–water partition coefficient (Wildman–Crippen LogP) is 2.81. The molecule has 1 saturated heterocycles. The van der Waals surface area contributed by atoms with E-state index in [1.807, 2.05) is 4.90 Å². The van der Waals surface area contributed by atoms with Gasteiger partial charge in [0.2, 0.25) is 5.95 Å². The second kappa shape index (κ2) is 5.57. The largest absolute Gasteiger partial charge is 0.416 e. The van der Waals surface area contributed by atoms with Gasteiger partial charge in [-0.15, -0.1) is 0 Å². The lowest BCUT2D eigenvalue weighted by molar-refractivity contribution is -0.137. The van der Waals surface area contributed by atoms with Gasteiger partial charge in [-0.2, -0.15) is 13.2 Å². The lowest BCUT2D eigenvalue weighted by Crippen LogP contribution is -2.26. The summed E-state index contributed by atoms with van der Waals surface area (Å²) in [5, 5.41) is 9.90. The van der Waals surface area contributed by atoms with Crippen LogP contribution in [-0.2, 0) is 6.18 Å². The molecule has 22 heavy (non-hydrogen) atoms. The van der Waals surface area contributed by atoms with E-state index in [2.05, 4.69) is 9.97 Å². The molecule has 7 heteroatoms. The molecule has 0 amide bonds. The number of halogens is 3. The van der Waals surface area contributed by atoms with Crippen LogP contribution >= 0.6 is 0 Å². The topological polar surface area (TPSA) is 49.2 Å². The van der Waals surface area contributed by atoms with Gasteiger partial charge in [-0.3, -0.25) is 0 Å². The number of alkyl halides is 3. The van der Waals surface area contributed by atoms with Crippen LogP contribution in [0.3, 0.4) is 0 Å². The first-order chi connectivity index (χ1) is 10.4. The fourth-order valence-corrected chi connectivity index (χ4v) is 2.68. The van der Waals surface area contributed by atoms with Crippen LogP contribution in [0.5, 0.6) is 0 Å². The molecule has 1 aliphatic heterocycles. The molecular weight excluding hydrogens is 295 g/mol. The number of rotatable bonds is 2. The van der Waals surface area contributed by atoms with Crippen molar-refractivity contribution in [3.63, 3.8) is 0 Å². The first-order valence-electron chi connectivity index (χ1n) is 6.84. The quantitative estimate of drug-likeness (QED) is 0.927. The molecule has 0 aliphatic carbocycles. The van der Waals surface area contributed by atoms with Gasteiger partial charge in [0.15, 0.2) is 0 Å². The molecule has 4 nitrogen and oxygen atoms in total. The number of hydrogen-bond acceptors (Lipinski definition) is 4. The Hall–Kier alpha value is -2.15. The Morgan fingerprint density at radius 2 is 1.73 bits per heavy atom. The van der Waals surface area contributed by atoms with Gasteiger partial charge in [0.25, 0.3) is 0 Å². The fourth-order valence-electron chi connectivity index (χ4n) is 2.68. The van der Waals surface area contributed by atoms with Crippen LogP contribution < -0.4 is 4.90 Å². The minimum Gasteiger partial charge on any atom is -0.391 e. The van der Waals surface area contributed by atoms with Gasteiger partial charge in [0, 0.05) is 18.9 Å². The van der Waals surface area contributed by atoms with Crippen LogP contribution in [0.2, 0.25) is 0 Å². The summed E-state index contributed by atoms with van der Waals surface area (Å²) < 4.78 is 37.9. The summed E-state index contributed by atoms with van der Waals surface area (Å²) in [5.41, 5.74) is 0.0225. The Morgan fingerprint density at radius 3 is 2.32 bits per heavy atom. The second-order valence-corrected chi connectivity index (χ2v) is 5.23. The zero-order chi connectivity index (χ0) is 15.7. The van der Waals surface area contributed by atoms with Crippen molar-refractivity contribution < 1.29 is 18.3 Å². The maximum atomic E-state index is 12.6. The van der Waals surface area contributed by atoms with Crippen molar-refractivity contribution >= 4 is 5.95 Å². The number of benzene rings is 1. The van der Waals surface area contributed by atoms with Crippen molar-refractivity contribution in [3.8, 4) is 0 Å². The average molecular weight is 309 g/mol. The summed E-state index contributed by atoms with van der Waals surface area (Å²) in [6, 6.07) is 6.46. The highest BCUT2D eigenvalue weighted by atomic mass is 19.4. The van der Waals surface area contributed by atoms with E-state index in [9.17, 15) is 18.3 Å². The zero-order valence-corrected chi connectivity index (χ0v) is 11.5. The van der Waals surface area contributed by atoms with Crippen molar-refractivity contribution in [2.24, 2.45) is 0 Å². The van der Waals surface area contributed by atoms with Crippen molar-refractivity contribution in [2.45, 2.75) is 24.7 Å². The molecular formula is C15H14F3N3O. The Labute approximate surface area is 125 Å². The third kappa shape index (κ3) is 2.89. The van der Waals surface area contributed by atoms with E-state index >= 15 is 0 Å². The van der Waals surface area contributed by atoms with E-state index in [0.717, 1.165) is 12.1 Å². The Bertz CT molecular complexity index is 631. The zero-order valence-electron chi connectivity index (χ0n) is 11.5. The SMILES string of the molecule is O[C@H]1C[C@@H](c2ccc(C(F)(F)F)cc2)N(c2ncccn2)C1. The molecule has 0 saturated carbocycles. The molecule has 0 bridgehead atoms. The maximum absolute atomic E-state index is 12.6. The van der Waals surface area contributed by atoms with Gasteiger partial charge in [-0.1, -0.05) is 12.1 Å². The minimum absolute atomic E-state index is 0.236. The molecule has 2 atom stereocenters. The molecule has 1 N–H and O–H groups in total. The number of aromatic nitrogens is 2. The summed E-state index contributed by atoms with van der Waals surface area (Å²) >= 11 is 0. The van der Waals surface area contributed by atoms with E-state index in [0.29, 0.717) is 24.5 Å². The highest BCUT2D eigenvalue weighted by Gasteiger charge is 2.35. The number of nitrogens with zero attached hydrogens (tertiary/aromatic N) is 3. The average Bonchev–Trinajstić information content (AvgIpc) is 2.89. The monoisotopic (exact) mass is 309 g/mol. The van der Waals surface area contributed by atoms with Crippen LogP contribution in [0.1, 0.15) is 23.6 Å². The van der Waals surface area contributed by atoms with Gasteiger partial charge in [-0.05, 0) is 30.2 Å². The molecule has 1 aliphatic rings. The molecule has 0 radical (unpaired) electrons. The molecule has 116 valence electrons. The lowest BCUT2D eigenvalue weighted by atomic mass is 10.0. The fraction of sp³-hybridized carbons (Fsp3) is 0.333. The van der Waals surface area contributed by atoms with Gasteiger partial charge >= 0.3 is 6.18 Å². The first kappa shape index (κ1) is 14.8. The normalized spacial score (nSPS) is 22.1. The summed E-state index contributed by atoms with van der Waals surface area (Å²) in [6.07, 6.45) is -1.29. The molecule has 0 spiro atoms. The molecule has 3 rings (SSSR count). The minimum atomic E-state index is -4.35. The van der Waals surface area contributed by atoms with Crippen LogP contribution in [0.25, 0.3) is 0 Å². The van der Waals surface area contributed by atoms with E-state index in [1.54, 1.807) is 18.5 Å². The number of hydrogen-bond donors (Lipinski definition) is 1. The second-order valence-electron chi connectivity index (χ2n) is 5.23. The first-order valence-corrected chi connectivity index (χ1v) is 6.84. The number of β-amino-alcohol motifs (C(OH)–C–C–N with tert-alkyl or cyclic N) is 1. The maximum Gasteiger partial charge on any atom is 0.416 e. The van der Waals surface area contributed by atoms with E-state index < -0.39 is 17.8 Å². The summed E-state index contributed by atoms with van der Waals surface area (Å²) in [4.78, 5) is 10.1. The third-order valence-corrected chi connectivity index (χ3v) is 3.71. The lowest BCUT2D eigenvalue weighted by Gasteiger charge is -2.24. The van der Waals surface area contributed by atoms with E-state index in [-0.39, 0.29) is 6.04 Å². The van der Waals surface area contributed by atoms with Crippen molar-refractivity contribution in [2.75, 3.05) is 11.4 Å². The highest BCUT2D eigenvalue weighted by molar-refractivity contribution is 5.39. The van der Waals surface area contributed by atoms with Crippen molar-refractivity contribution in [1.29, 1.82) is 0 Å². The molecule has 1 fully saturated rings. The van der Waals surface area contributed by atoms with Crippen molar-refractivity contribution in [1.82, 2.24) is 9.97 Å². The molecule has 0 unspecified atom stereocenters. The van der Waals surface area contributed by atoms with Crippen LogP contribution in [0.4, 0.5) is 19.1 Å². The predicted molar refractivity (Wildman–Crippen MR) is 74.2 cm³/mol. The van der Waals surface area contributed by atoms with Gasteiger partial charge < -0.3 is 10.0 Å². The Morgan fingerprint density at radius 1 is 1.09 bits per heavy atom. The molecule has 2 heterocycles. The Kier molecular flexibility index (Phi) is 3.74. The van der Waals surface area contributed by atoms with Gasteiger partial charge in [0.05, 0.1) is 17.7 Å². The summed E-state index contributed by atoms with van der Waals surface area (Å²) in [7, 11) is 0. The number of aliphatic hydroxyl groups excluding tert-OH is 1. The highest BCUT2D eigenvalue weighted by Crippen LogP contribution is 2.36.